The molecular formula is C21H20N2. The van der Waals surface area contributed by atoms with Gasteiger partial charge < -0.3 is 0 Å². The quantitative estimate of drug-likeness (QED) is 0.416. The van der Waals surface area contributed by atoms with Crippen molar-refractivity contribution in [2.24, 2.45) is 0 Å². The minimum absolute atomic E-state index is 0.803. The number of aryl methyl sites for hydroxylation is 1. The summed E-state index contributed by atoms with van der Waals surface area (Å²) in [6.45, 7) is 5.95. The summed E-state index contributed by atoms with van der Waals surface area (Å²) in [5, 5.41) is 3.49. The third-order valence-electron chi connectivity index (χ3n) is 3.75. The van der Waals surface area contributed by atoms with Crippen molar-refractivity contribution in [3.8, 4) is 11.3 Å². The van der Waals surface area contributed by atoms with Crippen LogP contribution in [0.1, 0.15) is 19.7 Å². The van der Waals surface area contributed by atoms with E-state index in [0.717, 1.165) is 28.0 Å². The first-order valence-corrected chi connectivity index (χ1v) is 8.04. The molecule has 1 aromatic heterocycles. The van der Waals surface area contributed by atoms with Crippen LogP contribution in [0.3, 0.4) is 0 Å². The van der Waals surface area contributed by atoms with Gasteiger partial charge in [-0.25, -0.2) is 9.97 Å². The highest BCUT2D eigenvalue weighted by atomic mass is 14.9. The van der Waals surface area contributed by atoms with E-state index in [2.05, 4.69) is 58.5 Å². The Balaban J connectivity index is 0.000000753. The molecule has 0 amide bonds. The molecule has 114 valence electrons. The highest BCUT2D eigenvalue weighted by Crippen LogP contribution is 2.30. The van der Waals surface area contributed by atoms with Crippen molar-refractivity contribution in [1.29, 1.82) is 0 Å². The molecule has 1 heterocycles. The molecule has 0 N–H and O–H groups in total. The molecule has 0 saturated heterocycles. The van der Waals surface area contributed by atoms with Crippen LogP contribution in [0.5, 0.6) is 0 Å². The van der Waals surface area contributed by atoms with Gasteiger partial charge in [-0.3, -0.25) is 0 Å². The monoisotopic (exact) mass is 300 g/mol. The van der Waals surface area contributed by atoms with Crippen molar-refractivity contribution in [1.82, 2.24) is 9.97 Å². The zero-order valence-corrected chi connectivity index (χ0v) is 13.7. The summed E-state index contributed by atoms with van der Waals surface area (Å²) in [5.74, 6) is 0.803. The molecule has 23 heavy (non-hydrogen) atoms. The Morgan fingerprint density at radius 1 is 0.652 bits per heavy atom. The van der Waals surface area contributed by atoms with Crippen molar-refractivity contribution >= 4 is 21.7 Å². The number of aromatic nitrogens is 2. The van der Waals surface area contributed by atoms with E-state index in [1.807, 2.05) is 39.0 Å². The maximum absolute atomic E-state index is 4.68. The zero-order valence-electron chi connectivity index (χ0n) is 13.7. The standard InChI is InChI=1S/C19H14N2.C2H6/c1-13-20-18(15-8-3-2-4-9-15)17-12-11-14-7-5-6-10-16(14)19(17)21-13;1-2/h2-12H,1H3;1-2H3. The van der Waals surface area contributed by atoms with Gasteiger partial charge in [0.2, 0.25) is 0 Å². The predicted molar refractivity (Wildman–Crippen MR) is 98.6 cm³/mol. The molecule has 0 aliphatic carbocycles. The summed E-state index contributed by atoms with van der Waals surface area (Å²) < 4.78 is 0. The van der Waals surface area contributed by atoms with Crippen molar-refractivity contribution < 1.29 is 0 Å². The number of fused-ring (bicyclic) bond motifs is 3. The van der Waals surface area contributed by atoms with Gasteiger partial charge in [0, 0.05) is 16.3 Å². The molecular weight excluding hydrogens is 280 g/mol. The molecule has 0 bridgehead atoms. The first-order valence-electron chi connectivity index (χ1n) is 8.04. The first kappa shape index (κ1) is 15.2. The normalized spacial score (nSPS) is 10.4. The van der Waals surface area contributed by atoms with Crippen LogP contribution in [0.4, 0.5) is 0 Å². The lowest BCUT2D eigenvalue weighted by atomic mass is 10.0. The van der Waals surface area contributed by atoms with Crippen LogP contribution in [-0.4, -0.2) is 9.97 Å². The maximum Gasteiger partial charge on any atom is 0.126 e. The highest BCUT2D eigenvalue weighted by molar-refractivity contribution is 6.09. The van der Waals surface area contributed by atoms with E-state index in [1.165, 1.54) is 10.8 Å². The molecule has 0 unspecified atom stereocenters. The van der Waals surface area contributed by atoms with Crippen LogP contribution in [0.25, 0.3) is 32.9 Å². The molecule has 0 aliphatic rings. The lowest BCUT2D eigenvalue weighted by Gasteiger charge is -2.09. The lowest BCUT2D eigenvalue weighted by Crippen LogP contribution is -1.94. The van der Waals surface area contributed by atoms with E-state index in [0.29, 0.717) is 0 Å². The topological polar surface area (TPSA) is 25.8 Å². The number of hydrogen-bond acceptors (Lipinski definition) is 2. The second kappa shape index (κ2) is 6.57. The maximum atomic E-state index is 4.68. The van der Waals surface area contributed by atoms with Gasteiger partial charge in [-0.05, 0) is 18.4 Å². The molecule has 2 heteroatoms. The largest absolute Gasteiger partial charge is 0.233 e. The Labute approximate surface area is 136 Å². The second-order valence-corrected chi connectivity index (χ2v) is 5.17. The van der Waals surface area contributed by atoms with Gasteiger partial charge in [0.05, 0.1) is 11.2 Å². The van der Waals surface area contributed by atoms with E-state index in [9.17, 15) is 0 Å². The van der Waals surface area contributed by atoms with Gasteiger partial charge in [0.15, 0.2) is 0 Å². The Morgan fingerprint density at radius 3 is 2.13 bits per heavy atom. The fourth-order valence-electron chi connectivity index (χ4n) is 2.79. The molecule has 0 atom stereocenters. The van der Waals surface area contributed by atoms with Gasteiger partial charge in [-0.1, -0.05) is 74.5 Å². The summed E-state index contributed by atoms with van der Waals surface area (Å²) in [7, 11) is 0. The summed E-state index contributed by atoms with van der Waals surface area (Å²) in [4.78, 5) is 9.35. The fraction of sp³-hybridized carbons (Fsp3) is 0.143. The number of benzene rings is 3. The van der Waals surface area contributed by atoms with E-state index in [4.69, 9.17) is 0 Å². The average Bonchev–Trinajstić information content (AvgIpc) is 2.63. The predicted octanol–water partition coefficient (Wildman–Crippen LogP) is 5.78. The minimum atomic E-state index is 0.803. The SMILES string of the molecule is CC.Cc1nc(-c2ccccc2)c2ccc3ccccc3c2n1. The summed E-state index contributed by atoms with van der Waals surface area (Å²) >= 11 is 0. The van der Waals surface area contributed by atoms with Gasteiger partial charge in [-0.15, -0.1) is 0 Å². The molecule has 0 aliphatic heterocycles. The van der Waals surface area contributed by atoms with Crippen LogP contribution >= 0.6 is 0 Å². The van der Waals surface area contributed by atoms with Crippen molar-refractivity contribution in [3.05, 3.63) is 72.6 Å². The number of nitrogens with zero attached hydrogens (tertiary/aromatic N) is 2. The Bertz CT molecular complexity index is 944. The van der Waals surface area contributed by atoms with Crippen molar-refractivity contribution in [2.45, 2.75) is 20.8 Å². The molecule has 0 fully saturated rings. The van der Waals surface area contributed by atoms with Gasteiger partial charge in [0.1, 0.15) is 5.82 Å². The first-order chi connectivity index (χ1) is 11.3. The molecule has 0 radical (unpaired) electrons. The van der Waals surface area contributed by atoms with Crippen LogP contribution in [0, 0.1) is 6.92 Å². The molecule has 4 aromatic rings. The minimum Gasteiger partial charge on any atom is -0.233 e. The van der Waals surface area contributed by atoms with Gasteiger partial charge in [0.25, 0.3) is 0 Å². The number of rotatable bonds is 1. The third kappa shape index (κ3) is 2.80. The van der Waals surface area contributed by atoms with Crippen molar-refractivity contribution in [3.63, 3.8) is 0 Å². The van der Waals surface area contributed by atoms with E-state index in [1.54, 1.807) is 0 Å². The Kier molecular flexibility index (Phi) is 4.33. The molecule has 0 saturated carbocycles. The lowest BCUT2D eigenvalue weighted by molar-refractivity contribution is 1.10. The average molecular weight is 300 g/mol. The molecule has 2 nitrogen and oxygen atoms in total. The van der Waals surface area contributed by atoms with Gasteiger partial charge in [-0.2, -0.15) is 0 Å². The summed E-state index contributed by atoms with van der Waals surface area (Å²) in [6.07, 6.45) is 0. The van der Waals surface area contributed by atoms with Crippen LogP contribution in [-0.2, 0) is 0 Å². The Morgan fingerprint density at radius 2 is 1.35 bits per heavy atom. The van der Waals surface area contributed by atoms with Crippen LogP contribution < -0.4 is 0 Å². The van der Waals surface area contributed by atoms with Crippen molar-refractivity contribution in [2.75, 3.05) is 0 Å². The van der Waals surface area contributed by atoms with E-state index < -0.39 is 0 Å². The molecule has 3 aromatic carbocycles. The molecule has 4 rings (SSSR count). The fourth-order valence-corrected chi connectivity index (χ4v) is 2.79. The third-order valence-corrected chi connectivity index (χ3v) is 3.75. The second-order valence-electron chi connectivity index (χ2n) is 5.17. The summed E-state index contributed by atoms with van der Waals surface area (Å²) in [6, 6.07) is 22.9. The Hall–Kier alpha value is -2.74. The number of hydrogen-bond donors (Lipinski definition) is 0. The van der Waals surface area contributed by atoms with Gasteiger partial charge >= 0.3 is 0 Å². The summed E-state index contributed by atoms with van der Waals surface area (Å²) in [5.41, 5.74) is 3.16. The van der Waals surface area contributed by atoms with E-state index >= 15 is 0 Å². The van der Waals surface area contributed by atoms with Crippen LogP contribution in [0.15, 0.2) is 66.7 Å². The van der Waals surface area contributed by atoms with Crippen LogP contribution in [0.2, 0.25) is 0 Å². The molecule has 0 spiro atoms. The smallest absolute Gasteiger partial charge is 0.126 e. The zero-order chi connectivity index (χ0) is 16.2. The highest BCUT2D eigenvalue weighted by Gasteiger charge is 2.10. The van der Waals surface area contributed by atoms with E-state index in [-0.39, 0.29) is 0 Å².